The molecular formula is C20H21Cl2NO3. The number of hydrogen-bond acceptors (Lipinski definition) is 3. The monoisotopic (exact) mass is 393 g/mol. The van der Waals surface area contributed by atoms with Gasteiger partial charge in [-0.25, -0.2) is 4.79 Å². The Hall–Kier alpha value is -2.04. The number of likely N-dealkylation sites (N-methyl/N-ethyl adjacent to an activating group) is 1. The summed E-state index contributed by atoms with van der Waals surface area (Å²) in [6, 6.07) is 11.6. The molecule has 2 aromatic rings. The van der Waals surface area contributed by atoms with Crippen LogP contribution in [-0.2, 0) is 20.7 Å². The molecule has 6 heteroatoms. The SMILES string of the molecule is CCOC(=O)C(c1ccc(C)cc1)N(C)C(=O)Cc1ccc(Cl)cc1Cl. The molecule has 0 radical (unpaired) electrons. The summed E-state index contributed by atoms with van der Waals surface area (Å²) >= 11 is 12.1. The van der Waals surface area contributed by atoms with E-state index in [9.17, 15) is 9.59 Å². The number of esters is 1. The van der Waals surface area contributed by atoms with Gasteiger partial charge in [-0.15, -0.1) is 0 Å². The summed E-state index contributed by atoms with van der Waals surface area (Å²) in [5, 5.41) is 0.922. The molecule has 1 atom stereocenters. The highest BCUT2D eigenvalue weighted by atomic mass is 35.5. The van der Waals surface area contributed by atoms with Crippen LogP contribution in [-0.4, -0.2) is 30.4 Å². The van der Waals surface area contributed by atoms with Crippen LogP contribution in [0.3, 0.4) is 0 Å². The van der Waals surface area contributed by atoms with Crippen molar-refractivity contribution in [2.24, 2.45) is 0 Å². The van der Waals surface area contributed by atoms with Gasteiger partial charge >= 0.3 is 5.97 Å². The fraction of sp³-hybridized carbons (Fsp3) is 0.300. The van der Waals surface area contributed by atoms with Gasteiger partial charge in [-0.3, -0.25) is 4.79 Å². The van der Waals surface area contributed by atoms with E-state index in [-0.39, 0.29) is 18.9 Å². The molecule has 0 aliphatic carbocycles. The number of carbonyl (C=O) groups excluding carboxylic acids is 2. The second-order valence-corrected chi connectivity index (χ2v) is 6.83. The average molecular weight is 394 g/mol. The maximum Gasteiger partial charge on any atom is 0.333 e. The quantitative estimate of drug-likeness (QED) is 0.673. The molecule has 0 fully saturated rings. The Kier molecular flexibility index (Phi) is 7.06. The van der Waals surface area contributed by atoms with Crippen LogP contribution in [0.1, 0.15) is 29.7 Å². The molecule has 138 valence electrons. The second-order valence-electron chi connectivity index (χ2n) is 5.98. The van der Waals surface area contributed by atoms with E-state index < -0.39 is 12.0 Å². The highest BCUT2D eigenvalue weighted by Gasteiger charge is 2.30. The Labute approximate surface area is 163 Å². The Morgan fingerprint density at radius 2 is 1.77 bits per heavy atom. The molecular weight excluding hydrogens is 373 g/mol. The van der Waals surface area contributed by atoms with Crippen molar-refractivity contribution in [3.63, 3.8) is 0 Å². The number of halogens is 2. The van der Waals surface area contributed by atoms with Gasteiger partial charge in [0.25, 0.3) is 0 Å². The minimum absolute atomic E-state index is 0.0638. The van der Waals surface area contributed by atoms with E-state index in [0.29, 0.717) is 21.2 Å². The van der Waals surface area contributed by atoms with Crippen molar-refractivity contribution in [1.82, 2.24) is 4.90 Å². The van der Waals surface area contributed by atoms with E-state index in [4.69, 9.17) is 27.9 Å². The zero-order valence-electron chi connectivity index (χ0n) is 15.0. The van der Waals surface area contributed by atoms with Crippen molar-refractivity contribution in [2.45, 2.75) is 26.3 Å². The molecule has 1 amide bonds. The Balaban J connectivity index is 2.26. The van der Waals surface area contributed by atoms with Crippen LogP contribution in [0.2, 0.25) is 10.0 Å². The first-order chi connectivity index (χ1) is 12.3. The molecule has 0 aliphatic heterocycles. The van der Waals surface area contributed by atoms with Gasteiger partial charge in [0.2, 0.25) is 5.91 Å². The minimum Gasteiger partial charge on any atom is -0.464 e. The number of rotatable bonds is 6. The zero-order valence-corrected chi connectivity index (χ0v) is 16.5. The lowest BCUT2D eigenvalue weighted by Crippen LogP contribution is -2.37. The number of amides is 1. The fourth-order valence-electron chi connectivity index (χ4n) is 2.58. The Bertz CT molecular complexity index is 790. The van der Waals surface area contributed by atoms with Crippen LogP contribution in [0.5, 0.6) is 0 Å². The number of hydrogen-bond donors (Lipinski definition) is 0. The number of carbonyl (C=O) groups is 2. The van der Waals surface area contributed by atoms with Gasteiger partial charge in [0.05, 0.1) is 13.0 Å². The van der Waals surface area contributed by atoms with Gasteiger partial charge in [0, 0.05) is 17.1 Å². The highest BCUT2D eigenvalue weighted by Crippen LogP contribution is 2.25. The summed E-state index contributed by atoms with van der Waals surface area (Å²) in [6.45, 7) is 3.94. The van der Waals surface area contributed by atoms with Crippen molar-refractivity contribution >= 4 is 35.1 Å². The van der Waals surface area contributed by atoms with Crippen LogP contribution in [0.4, 0.5) is 0 Å². The number of benzene rings is 2. The molecule has 2 rings (SSSR count). The van der Waals surface area contributed by atoms with E-state index in [0.717, 1.165) is 5.56 Å². The maximum absolute atomic E-state index is 12.8. The lowest BCUT2D eigenvalue weighted by Gasteiger charge is -2.27. The summed E-state index contributed by atoms with van der Waals surface area (Å²) in [7, 11) is 1.59. The predicted octanol–water partition coefficient (Wildman–Crippen LogP) is 4.61. The van der Waals surface area contributed by atoms with Gasteiger partial charge in [0.1, 0.15) is 0 Å². The Morgan fingerprint density at radius 1 is 1.12 bits per heavy atom. The third-order valence-electron chi connectivity index (χ3n) is 4.04. The Morgan fingerprint density at radius 3 is 2.35 bits per heavy atom. The molecule has 0 bridgehead atoms. The normalized spacial score (nSPS) is 11.7. The fourth-order valence-corrected chi connectivity index (χ4v) is 3.06. The van der Waals surface area contributed by atoms with Crippen molar-refractivity contribution in [3.05, 3.63) is 69.2 Å². The standard InChI is InChI=1S/C20H21Cl2NO3/c1-4-26-20(25)19(14-7-5-13(2)6-8-14)23(3)18(24)11-15-9-10-16(21)12-17(15)22/h5-10,12,19H,4,11H2,1-3H3. The third-order valence-corrected chi connectivity index (χ3v) is 4.63. The molecule has 26 heavy (non-hydrogen) atoms. The van der Waals surface area contributed by atoms with Crippen LogP contribution >= 0.6 is 23.2 Å². The first-order valence-corrected chi connectivity index (χ1v) is 9.01. The maximum atomic E-state index is 12.8. The van der Waals surface area contributed by atoms with Crippen molar-refractivity contribution in [1.29, 1.82) is 0 Å². The van der Waals surface area contributed by atoms with Crippen molar-refractivity contribution < 1.29 is 14.3 Å². The third kappa shape index (κ3) is 4.99. The number of aryl methyl sites for hydroxylation is 1. The predicted molar refractivity (Wildman–Crippen MR) is 103 cm³/mol. The molecule has 0 spiro atoms. The summed E-state index contributed by atoms with van der Waals surface area (Å²) in [6.07, 6.45) is 0.0638. The molecule has 0 heterocycles. The summed E-state index contributed by atoms with van der Waals surface area (Å²) in [4.78, 5) is 26.6. The molecule has 0 N–H and O–H groups in total. The first kappa shape index (κ1) is 20.3. The molecule has 1 unspecified atom stereocenters. The van der Waals surface area contributed by atoms with Gasteiger partial charge in [-0.05, 0) is 37.1 Å². The summed E-state index contributed by atoms with van der Waals surface area (Å²) < 4.78 is 5.17. The highest BCUT2D eigenvalue weighted by molar-refractivity contribution is 6.35. The second kappa shape index (κ2) is 9.06. The van der Waals surface area contributed by atoms with E-state index in [2.05, 4.69) is 0 Å². The lowest BCUT2D eigenvalue weighted by molar-refractivity contribution is -0.154. The summed E-state index contributed by atoms with van der Waals surface area (Å²) in [5.74, 6) is -0.706. The van der Waals surface area contributed by atoms with Gasteiger partial charge in [-0.1, -0.05) is 59.1 Å². The molecule has 0 aromatic heterocycles. The largest absolute Gasteiger partial charge is 0.464 e. The number of nitrogens with zero attached hydrogens (tertiary/aromatic N) is 1. The average Bonchev–Trinajstić information content (AvgIpc) is 2.59. The van der Waals surface area contributed by atoms with E-state index in [1.54, 1.807) is 32.2 Å². The van der Waals surface area contributed by atoms with Crippen molar-refractivity contribution in [3.8, 4) is 0 Å². The molecule has 0 saturated carbocycles. The van der Waals surface area contributed by atoms with E-state index >= 15 is 0 Å². The summed E-state index contributed by atoms with van der Waals surface area (Å²) in [5.41, 5.74) is 2.42. The molecule has 4 nitrogen and oxygen atoms in total. The molecule has 2 aromatic carbocycles. The van der Waals surface area contributed by atoms with Crippen LogP contribution in [0.25, 0.3) is 0 Å². The van der Waals surface area contributed by atoms with E-state index in [1.807, 2.05) is 31.2 Å². The van der Waals surface area contributed by atoms with Gasteiger partial charge < -0.3 is 9.64 Å². The van der Waals surface area contributed by atoms with Gasteiger partial charge in [0.15, 0.2) is 6.04 Å². The minimum atomic E-state index is -0.811. The number of ether oxygens (including phenoxy) is 1. The topological polar surface area (TPSA) is 46.6 Å². The van der Waals surface area contributed by atoms with Crippen LogP contribution in [0, 0.1) is 6.92 Å². The zero-order chi connectivity index (χ0) is 19.3. The lowest BCUT2D eigenvalue weighted by atomic mass is 10.0. The van der Waals surface area contributed by atoms with Crippen LogP contribution < -0.4 is 0 Å². The molecule has 0 aliphatic rings. The van der Waals surface area contributed by atoms with E-state index in [1.165, 1.54) is 4.90 Å². The van der Waals surface area contributed by atoms with Crippen LogP contribution in [0.15, 0.2) is 42.5 Å². The van der Waals surface area contributed by atoms with Crippen molar-refractivity contribution in [2.75, 3.05) is 13.7 Å². The first-order valence-electron chi connectivity index (χ1n) is 8.26. The smallest absolute Gasteiger partial charge is 0.333 e. The van der Waals surface area contributed by atoms with Gasteiger partial charge in [-0.2, -0.15) is 0 Å². The molecule has 0 saturated heterocycles.